The van der Waals surface area contributed by atoms with E-state index in [9.17, 15) is 14.4 Å². The van der Waals surface area contributed by atoms with Crippen LogP contribution in [0.2, 0.25) is 0 Å². The molecule has 9 heteroatoms. The zero-order valence-corrected chi connectivity index (χ0v) is 17.7. The second-order valence-electron chi connectivity index (χ2n) is 6.98. The number of benzene rings is 1. The summed E-state index contributed by atoms with van der Waals surface area (Å²) in [5, 5.41) is 0. The number of carbonyl (C=O) groups is 2. The Morgan fingerprint density at radius 3 is 2.20 bits per heavy atom. The number of imidazole rings is 1. The number of nitrogens with two attached hydrogens (primary N) is 1. The number of likely N-dealkylation sites (N-methyl/N-ethyl adjacent to an activating group) is 1. The molecular formula is C21H26N6O3. The van der Waals surface area contributed by atoms with Gasteiger partial charge in [-0.3, -0.25) is 18.7 Å². The topological polar surface area (TPSA) is 116 Å². The first kappa shape index (κ1) is 21.2. The number of primary amides is 1. The van der Waals surface area contributed by atoms with Crippen molar-refractivity contribution >= 4 is 23.0 Å². The summed E-state index contributed by atoms with van der Waals surface area (Å²) < 4.78 is 2.68. The van der Waals surface area contributed by atoms with Gasteiger partial charge in [-0.15, -0.1) is 0 Å². The molecule has 2 amide bonds. The Balaban J connectivity index is 2.28. The number of hydrogen-bond acceptors (Lipinski definition) is 5. The highest BCUT2D eigenvalue weighted by molar-refractivity contribution is 6.02. The van der Waals surface area contributed by atoms with Gasteiger partial charge in [0.1, 0.15) is 12.1 Å². The Hall–Kier alpha value is -3.49. The highest BCUT2D eigenvalue weighted by atomic mass is 16.2. The molecule has 158 valence electrons. The van der Waals surface area contributed by atoms with E-state index in [0.717, 1.165) is 5.56 Å². The maximum absolute atomic E-state index is 13.1. The monoisotopic (exact) mass is 410 g/mol. The Kier molecular flexibility index (Phi) is 6.00. The fourth-order valence-corrected chi connectivity index (χ4v) is 3.46. The van der Waals surface area contributed by atoms with Crippen LogP contribution >= 0.6 is 0 Å². The minimum absolute atomic E-state index is 0.0766. The third-order valence-electron chi connectivity index (χ3n) is 5.12. The molecule has 0 aliphatic heterocycles. The van der Waals surface area contributed by atoms with E-state index < -0.39 is 11.6 Å². The standard InChI is InChI=1S/C21H26N6O3/c1-5-25(6-2)15(28)12-27-17-16(18(22)29)23-19(14-10-8-13(4)9-11-14)24-20(17)26(7-3)21(27)30/h8-11H,5-7,12H2,1-4H3,(H2,22,29). The summed E-state index contributed by atoms with van der Waals surface area (Å²) in [4.78, 5) is 48.5. The van der Waals surface area contributed by atoms with Crippen molar-refractivity contribution in [2.24, 2.45) is 5.73 Å². The van der Waals surface area contributed by atoms with E-state index in [2.05, 4.69) is 9.97 Å². The fourth-order valence-electron chi connectivity index (χ4n) is 3.46. The third kappa shape index (κ3) is 3.70. The summed E-state index contributed by atoms with van der Waals surface area (Å²) >= 11 is 0. The van der Waals surface area contributed by atoms with Crippen LogP contribution in [0.5, 0.6) is 0 Å². The van der Waals surface area contributed by atoms with Crippen molar-refractivity contribution in [3.05, 3.63) is 46.0 Å². The molecule has 3 rings (SSSR count). The van der Waals surface area contributed by atoms with E-state index in [1.54, 1.807) is 11.8 Å². The van der Waals surface area contributed by atoms with Crippen LogP contribution in [0.25, 0.3) is 22.6 Å². The Morgan fingerprint density at radius 1 is 1.03 bits per heavy atom. The second kappa shape index (κ2) is 8.48. The van der Waals surface area contributed by atoms with Crippen molar-refractivity contribution in [2.45, 2.75) is 40.8 Å². The van der Waals surface area contributed by atoms with Crippen LogP contribution in [-0.2, 0) is 17.9 Å². The second-order valence-corrected chi connectivity index (χ2v) is 6.98. The number of nitrogens with zero attached hydrogens (tertiary/aromatic N) is 5. The molecule has 0 unspecified atom stereocenters. The van der Waals surface area contributed by atoms with Gasteiger partial charge in [-0.2, -0.15) is 0 Å². The van der Waals surface area contributed by atoms with Gasteiger partial charge in [0, 0.05) is 25.2 Å². The van der Waals surface area contributed by atoms with Gasteiger partial charge in [0.15, 0.2) is 17.2 Å². The van der Waals surface area contributed by atoms with Crippen molar-refractivity contribution in [3.63, 3.8) is 0 Å². The zero-order valence-electron chi connectivity index (χ0n) is 17.7. The van der Waals surface area contributed by atoms with E-state index in [4.69, 9.17) is 5.73 Å². The molecule has 3 aromatic rings. The summed E-state index contributed by atoms with van der Waals surface area (Å²) in [5.74, 6) is -0.714. The van der Waals surface area contributed by atoms with Gasteiger partial charge in [-0.25, -0.2) is 14.8 Å². The van der Waals surface area contributed by atoms with Crippen LogP contribution in [0.4, 0.5) is 0 Å². The fraction of sp³-hybridized carbons (Fsp3) is 0.381. The number of fused-ring (bicyclic) bond motifs is 1. The molecule has 0 spiro atoms. The number of carbonyl (C=O) groups excluding carboxylic acids is 2. The number of rotatable bonds is 7. The first-order valence-corrected chi connectivity index (χ1v) is 9.97. The van der Waals surface area contributed by atoms with Gasteiger partial charge < -0.3 is 10.6 Å². The highest BCUT2D eigenvalue weighted by Crippen LogP contribution is 2.22. The summed E-state index contributed by atoms with van der Waals surface area (Å²) in [7, 11) is 0. The van der Waals surface area contributed by atoms with Gasteiger partial charge in [0.05, 0.1) is 0 Å². The lowest BCUT2D eigenvalue weighted by molar-refractivity contribution is -0.131. The van der Waals surface area contributed by atoms with Crippen molar-refractivity contribution in [2.75, 3.05) is 13.1 Å². The predicted octanol–water partition coefficient (Wildman–Crippen LogP) is 1.56. The van der Waals surface area contributed by atoms with E-state index in [1.165, 1.54) is 9.13 Å². The minimum Gasteiger partial charge on any atom is -0.364 e. The van der Waals surface area contributed by atoms with Crippen molar-refractivity contribution in [1.82, 2.24) is 24.0 Å². The molecule has 0 radical (unpaired) electrons. The molecular weight excluding hydrogens is 384 g/mol. The number of aromatic nitrogens is 4. The first-order valence-electron chi connectivity index (χ1n) is 9.97. The minimum atomic E-state index is -0.784. The van der Waals surface area contributed by atoms with E-state index in [0.29, 0.717) is 31.0 Å². The van der Waals surface area contributed by atoms with Crippen LogP contribution in [0, 0.1) is 6.92 Å². The summed E-state index contributed by atoms with van der Waals surface area (Å²) in [6.07, 6.45) is 0. The molecule has 2 aromatic heterocycles. The smallest absolute Gasteiger partial charge is 0.330 e. The number of hydrogen-bond donors (Lipinski definition) is 1. The van der Waals surface area contributed by atoms with E-state index in [1.807, 2.05) is 45.0 Å². The predicted molar refractivity (Wildman–Crippen MR) is 114 cm³/mol. The number of amides is 2. The summed E-state index contributed by atoms with van der Waals surface area (Å²) in [6, 6.07) is 7.51. The quantitative estimate of drug-likeness (QED) is 0.634. The number of aryl methyl sites for hydroxylation is 2. The largest absolute Gasteiger partial charge is 0.364 e. The lowest BCUT2D eigenvalue weighted by Gasteiger charge is -2.18. The molecule has 2 heterocycles. The van der Waals surface area contributed by atoms with E-state index >= 15 is 0 Å². The molecule has 0 bridgehead atoms. The molecule has 0 aliphatic carbocycles. The zero-order chi connectivity index (χ0) is 22.0. The first-order chi connectivity index (χ1) is 14.3. The lowest BCUT2D eigenvalue weighted by Crippen LogP contribution is -2.36. The molecule has 1 aromatic carbocycles. The molecule has 0 aliphatic rings. The van der Waals surface area contributed by atoms with Crippen molar-refractivity contribution in [1.29, 1.82) is 0 Å². The molecule has 30 heavy (non-hydrogen) atoms. The Morgan fingerprint density at radius 2 is 1.67 bits per heavy atom. The molecule has 9 nitrogen and oxygen atoms in total. The van der Waals surface area contributed by atoms with Crippen molar-refractivity contribution in [3.8, 4) is 11.4 Å². The van der Waals surface area contributed by atoms with Gasteiger partial charge in [-0.05, 0) is 27.7 Å². The average Bonchev–Trinajstić information content (AvgIpc) is 2.99. The van der Waals surface area contributed by atoms with Crippen LogP contribution in [-0.4, -0.2) is 48.9 Å². The normalized spacial score (nSPS) is 11.1. The lowest BCUT2D eigenvalue weighted by atomic mass is 10.1. The van der Waals surface area contributed by atoms with Crippen LogP contribution in [0.3, 0.4) is 0 Å². The summed E-state index contributed by atoms with van der Waals surface area (Å²) in [5.41, 5.74) is 7.36. The third-order valence-corrected chi connectivity index (χ3v) is 5.12. The van der Waals surface area contributed by atoms with Gasteiger partial charge >= 0.3 is 5.69 Å². The average molecular weight is 410 g/mol. The maximum Gasteiger partial charge on any atom is 0.330 e. The summed E-state index contributed by atoms with van der Waals surface area (Å²) in [6.45, 7) is 8.65. The van der Waals surface area contributed by atoms with Gasteiger partial charge in [0.25, 0.3) is 5.91 Å². The van der Waals surface area contributed by atoms with Crippen LogP contribution < -0.4 is 11.4 Å². The van der Waals surface area contributed by atoms with Crippen LogP contribution in [0.1, 0.15) is 36.8 Å². The Labute approximate surface area is 174 Å². The van der Waals surface area contributed by atoms with Gasteiger partial charge in [-0.1, -0.05) is 29.8 Å². The highest BCUT2D eigenvalue weighted by Gasteiger charge is 2.25. The molecule has 0 fully saturated rings. The van der Waals surface area contributed by atoms with Crippen molar-refractivity contribution < 1.29 is 9.59 Å². The maximum atomic E-state index is 13.1. The molecule has 0 saturated heterocycles. The van der Waals surface area contributed by atoms with E-state index in [-0.39, 0.29) is 29.3 Å². The van der Waals surface area contributed by atoms with Crippen LogP contribution in [0.15, 0.2) is 29.1 Å². The molecule has 0 atom stereocenters. The van der Waals surface area contributed by atoms with Gasteiger partial charge in [0.2, 0.25) is 5.91 Å². The SMILES string of the molecule is CCN(CC)C(=O)Cn1c(=O)n(CC)c2nc(-c3ccc(C)cc3)nc(C(N)=O)c21. The molecule has 0 saturated carbocycles. The Bertz CT molecular complexity index is 1160. The molecule has 2 N–H and O–H groups in total.